The summed E-state index contributed by atoms with van der Waals surface area (Å²) >= 11 is 3.77. The lowest BCUT2D eigenvalue weighted by molar-refractivity contribution is 0.538. The number of hydrogen-bond acceptors (Lipinski definition) is 4. The smallest absolute Gasteiger partial charge is 0.101 e. The van der Waals surface area contributed by atoms with Crippen LogP contribution in [0.3, 0.4) is 0 Å². The predicted molar refractivity (Wildman–Crippen MR) is 198 cm³/mol. The molecule has 2 nitrogen and oxygen atoms in total. The summed E-state index contributed by atoms with van der Waals surface area (Å²) in [6.07, 6.45) is 38.8. The van der Waals surface area contributed by atoms with Crippen molar-refractivity contribution in [1.82, 2.24) is 0 Å². The van der Waals surface area contributed by atoms with Gasteiger partial charge in [-0.2, -0.15) is 10.5 Å². The minimum absolute atomic E-state index is 0.525. The highest BCUT2D eigenvalue weighted by Crippen LogP contribution is 2.35. The summed E-state index contributed by atoms with van der Waals surface area (Å²) in [5.74, 6) is 2.20. The molecule has 0 fully saturated rings. The number of unbranched alkanes of at least 4 members (excludes halogenated alkanes) is 26. The zero-order valence-electron chi connectivity index (χ0n) is 29.1. The molecule has 0 aromatic heterocycles. The van der Waals surface area contributed by atoms with Crippen LogP contribution in [0.25, 0.3) is 0 Å². The third-order valence-corrected chi connectivity index (χ3v) is 11.2. The van der Waals surface area contributed by atoms with Crippen molar-refractivity contribution in [2.75, 3.05) is 11.5 Å². The molecule has 44 heavy (non-hydrogen) atoms. The fraction of sp³-hybridized carbons (Fsp3) is 0.800. The molecule has 0 bridgehead atoms. The molecular weight excluding hydrogens is 573 g/mol. The highest BCUT2D eigenvalue weighted by Gasteiger charge is 2.11. The van der Waals surface area contributed by atoms with E-state index in [-0.39, 0.29) is 0 Å². The predicted octanol–water partition coefficient (Wildman–Crippen LogP) is 14.6. The number of rotatable bonds is 32. The average Bonchev–Trinajstić information content (AvgIpc) is 3.04. The average molecular weight is 641 g/mol. The molecule has 0 unspecified atom stereocenters. The Kier molecular flexibility index (Phi) is 29.6. The summed E-state index contributed by atoms with van der Waals surface area (Å²) in [5, 5.41) is 19.1. The number of nitriles is 2. The lowest BCUT2D eigenvalue weighted by atomic mass is 10.0. The minimum atomic E-state index is 0.525. The quantitative estimate of drug-likeness (QED) is 0.0580. The summed E-state index contributed by atoms with van der Waals surface area (Å²) in [5.41, 5.74) is 1.05. The summed E-state index contributed by atoms with van der Waals surface area (Å²) in [6.45, 7) is 4.58. The second-order valence-electron chi connectivity index (χ2n) is 13.0. The van der Waals surface area contributed by atoms with Crippen LogP contribution in [-0.2, 0) is 0 Å². The molecule has 0 atom stereocenters. The Morgan fingerprint density at radius 1 is 0.386 bits per heavy atom. The number of nitrogens with zero attached hydrogens (tertiary/aromatic N) is 2. The third kappa shape index (κ3) is 23.3. The maximum Gasteiger partial charge on any atom is 0.101 e. The maximum absolute atomic E-state index is 9.57. The van der Waals surface area contributed by atoms with Gasteiger partial charge in [0, 0.05) is 9.79 Å². The number of benzene rings is 1. The van der Waals surface area contributed by atoms with Crippen LogP contribution >= 0.6 is 23.5 Å². The summed E-state index contributed by atoms with van der Waals surface area (Å²) < 4.78 is 0. The minimum Gasteiger partial charge on any atom is -0.192 e. The van der Waals surface area contributed by atoms with Crippen molar-refractivity contribution < 1.29 is 0 Å². The summed E-state index contributed by atoms with van der Waals surface area (Å²) in [6, 6.07) is 8.44. The van der Waals surface area contributed by atoms with E-state index in [9.17, 15) is 10.5 Å². The van der Waals surface area contributed by atoms with Crippen molar-refractivity contribution in [2.45, 2.75) is 203 Å². The van der Waals surface area contributed by atoms with Crippen molar-refractivity contribution >= 4 is 23.5 Å². The summed E-state index contributed by atoms with van der Waals surface area (Å²) in [7, 11) is 0. The van der Waals surface area contributed by atoms with Crippen LogP contribution in [0.15, 0.2) is 21.9 Å². The molecule has 250 valence electrons. The Bertz CT molecular complexity index is 798. The molecule has 1 aromatic carbocycles. The Hall–Kier alpha value is -1.10. The van der Waals surface area contributed by atoms with Crippen LogP contribution < -0.4 is 0 Å². The van der Waals surface area contributed by atoms with Gasteiger partial charge in [0.05, 0.1) is 11.1 Å². The van der Waals surface area contributed by atoms with E-state index < -0.39 is 0 Å². The molecule has 0 aliphatic heterocycles. The highest BCUT2D eigenvalue weighted by molar-refractivity contribution is 8.02. The Balaban J connectivity index is 2.16. The molecule has 4 heteroatoms. The Morgan fingerprint density at radius 2 is 0.614 bits per heavy atom. The maximum atomic E-state index is 9.57. The normalized spacial score (nSPS) is 11.1. The van der Waals surface area contributed by atoms with Gasteiger partial charge in [-0.1, -0.05) is 181 Å². The van der Waals surface area contributed by atoms with E-state index in [1.54, 1.807) is 0 Å². The monoisotopic (exact) mass is 640 g/mol. The van der Waals surface area contributed by atoms with Crippen LogP contribution in [0.1, 0.15) is 205 Å². The first-order valence-electron chi connectivity index (χ1n) is 19.0. The van der Waals surface area contributed by atoms with Crippen LogP contribution in [0, 0.1) is 22.7 Å². The molecule has 0 aliphatic rings. The van der Waals surface area contributed by atoms with E-state index in [1.165, 1.54) is 190 Å². The van der Waals surface area contributed by atoms with Crippen LogP contribution in [-0.4, -0.2) is 11.5 Å². The third-order valence-electron chi connectivity index (χ3n) is 8.84. The molecule has 0 saturated heterocycles. The van der Waals surface area contributed by atoms with Gasteiger partial charge in [-0.25, -0.2) is 0 Å². The molecule has 0 N–H and O–H groups in total. The first-order chi connectivity index (χ1) is 21.8. The standard InChI is InChI=1S/C40H68N2S2/c1-3-5-7-9-11-13-15-17-19-21-23-25-27-29-31-43-39-33-37(35-41)38(36-42)34-40(39)44-32-30-28-26-24-22-20-18-16-14-12-10-8-6-4-2/h33-34H,3-32H2,1-2H3. The number of thioether (sulfide) groups is 2. The van der Waals surface area contributed by atoms with E-state index in [1.807, 2.05) is 35.7 Å². The van der Waals surface area contributed by atoms with Crippen LogP contribution in [0.2, 0.25) is 0 Å². The molecule has 0 spiro atoms. The van der Waals surface area contributed by atoms with Gasteiger partial charge in [0.2, 0.25) is 0 Å². The zero-order valence-corrected chi connectivity index (χ0v) is 30.7. The Labute approximate surface area is 283 Å². The van der Waals surface area contributed by atoms with Crippen molar-refractivity contribution in [2.24, 2.45) is 0 Å². The van der Waals surface area contributed by atoms with Crippen molar-refractivity contribution in [1.29, 1.82) is 10.5 Å². The first-order valence-corrected chi connectivity index (χ1v) is 21.0. The fourth-order valence-electron chi connectivity index (χ4n) is 5.93. The Morgan fingerprint density at radius 3 is 0.841 bits per heavy atom. The van der Waals surface area contributed by atoms with Crippen LogP contribution in [0.5, 0.6) is 0 Å². The lowest BCUT2D eigenvalue weighted by Gasteiger charge is -2.11. The molecular formula is C40H68N2S2. The van der Waals surface area contributed by atoms with Gasteiger partial charge < -0.3 is 0 Å². The fourth-order valence-corrected chi connectivity index (χ4v) is 8.22. The zero-order chi connectivity index (χ0) is 31.8. The van der Waals surface area contributed by atoms with Gasteiger partial charge in [0.25, 0.3) is 0 Å². The van der Waals surface area contributed by atoms with E-state index in [2.05, 4.69) is 26.0 Å². The first kappa shape index (κ1) is 40.9. The molecule has 1 aromatic rings. The van der Waals surface area contributed by atoms with E-state index in [4.69, 9.17) is 0 Å². The SMILES string of the molecule is CCCCCCCCCCCCCCCCSc1cc(C#N)c(C#N)cc1SCCCCCCCCCCCCCCCC. The van der Waals surface area contributed by atoms with Crippen molar-refractivity contribution in [3.63, 3.8) is 0 Å². The molecule has 0 heterocycles. The molecule has 1 rings (SSSR count). The molecule has 0 saturated carbocycles. The van der Waals surface area contributed by atoms with Crippen LogP contribution in [0.4, 0.5) is 0 Å². The van der Waals surface area contributed by atoms with Gasteiger partial charge >= 0.3 is 0 Å². The van der Waals surface area contributed by atoms with Gasteiger partial charge in [-0.05, 0) is 36.5 Å². The second kappa shape index (κ2) is 31.9. The van der Waals surface area contributed by atoms with Gasteiger partial charge in [-0.15, -0.1) is 23.5 Å². The van der Waals surface area contributed by atoms with E-state index in [0.29, 0.717) is 11.1 Å². The van der Waals surface area contributed by atoms with Crippen molar-refractivity contribution in [3.8, 4) is 12.1 Å². The van der Waals surface area contributed by atoms with Gasteiger partial charge in [0.1, 0.15) is 12.1 Å². The van der Waals surface area contributed by atoms with Crippen molar-refractivity contribution in [3.05, 3.63) is 23.3 Å². The molecule has 0 radical (unpaired) electrons. The van der Waals surface area contributed by atoms with Gasteiger partial charge in [0.15, 0.2) is 0 Å². The van der Waals surface area contributed by atoms with E-state index in [0.717, 1.165) is 11.5 Å². The highest BCUT2D eigenvalue weighted by atomic mass is 32.2. The number of hydrogen-bond donors (Lipinski definition) is 0. The molecule has 0 amide bonds. The van der Waals surface area contributed by atoms with Gasteiger partial charge in [-0.3, -0.25) is 0 Å². The topological polar surface area (TPSA) is 47.6 Å². The lowest BCUT2D eigenvalue weighted by Crippen LogP contribution is -1.92. The largest absolute Gasteiger partial charge is 0.192 e. The molecule has 0 aliphatic carbocycles. The van der Waals surface area contributed by atoms with E-state index >= 15 is 0 Å². The second-order valence-corrected chi connectivity index (χ2v) is 15.2. The summed E-state index contributed by atoms with van der Waals surface area (Å²) in [4.78, 5) is 2.40.